The van der Waals surface area contributed by atoms with E-state index in [9.17, 15) is 0 Å². The van der Waals surface area contributed by atoms with Gasteiger partial charge in [0.2, 0.25) is 0 Å². The number of rotatable bonds is 2. The summed E-state index contributed by atoms with van der Waals surface area (Å²) in [6.45, 7) is 6.63. The van der Waals surface area contributed by atoms with Gasteiger partial charge in [-0.25, -0.2) is 4.98 Å². The number of nitrogens with one attached hydrogen (secondary N) is 1. The summed E-state index contributed by atoms with van der Waals surface area (Å²) in [6, 6.07) is 0. The Labute approximate surface area is 95.8 Å². The zero-order valence-electron chi connectivity index (χ0n) is 10.0. The van der Waals surface area contributed by atoms with Gasteiger partial charge in [0.15, 0.2) is 0 Å². The Kier molecular flexibility index (Phi) is 2.96. The highest BCUT2D eigenvalue weighted by Crippen LogP contribution is 2.25. The molecule has 16 heavy (non-hydrogen) atoms. The highest BCUT2D eigenvalue weighted by molar-refractivity contribution is 5.46. The molecule has 0 radical (unpaired) electrons. The van der Waals surface area contributed by atoms with Crippen LogP contribution in [0.1, 0.15) is 13.8 Å². The molecule has 88 valence electrons. The lowest BCUT2D eigenvalue weighted by Crippen LogP contribution is -2.53. The van der Waals surface area contributed by atoms with Crippen LogP contribution in [0.15, 0.2) is 12.4 Å². The van der Waals surface area contributed by atoms with Gasteiger partial charge in [-0.1, -0.05) is 0 Å². The van der Waals surface area contributed by atoms with Crippen LogP contribution in [0.3, 0.4) is 0 Å². The third-order valence-corrected chi connectivity index (χ3v) is 2.80. The first-order chi connectivity index (χ1) is 7.63. The third-order valence-electron chi connectivity index (χ3n) is 2.80. The molecule has 0 bridgehead atoms. The van der Waals surface area contributed by atoms with E-state index in [0.717, 1.165) is 31.4 Å². The summed E-state index contributed by atoms with van der Waals surface area (Å²) in [5.74, 6) is 1.69. The molecule has 0 unspecified atom stereocenters. The number of anilines is 2. The van der Waals surface area contributed by atoms with Crippen LogP contribution in [0, 0.1) is 0 Å². The standard InChI is InChI=1S/C11H18N4O/c1-11(2)8-16-5-4-15(11)10-7-13-6-9(12-3)14-10/h6-7H,4-5,8H2,1-3H3,(H,12,14). The van der Waals surface area contributed by atoms with Crippen molar-refractivity contribution in [1.82, 2.24) is 9.97 Å². The minimum absolute atomic E-state index is 0.0285. The topological polar surface area (TPSA) is 50.3 Å². The number of ether oxygens (including phenoxy) is 1. The van der Waals surface area contributed by atoms with Crippen LogP contribution in [-0.2, 0) is 4.74 Å². The van der Waals surface area contributed by atoms with Crippen LogP contribution in [-0.4, -0.2) is 42.3 Å². The lowest BCUT2D eigenvalue weighted by atomic mass is 10.0. The molecular weight excluding hydrogens is 204 g/mol. The summed E-state index contributed by atoms with van der Waals surface area (Å²) in [7, 11) is 1.85. The summed E-state index contributed by atoms with van der Waals surface area (Å²) in [5, 5.41) is 3.00. The molecule has 1 aromatic heterocycles. The van der Waals surface area contributed by atoms with E-state index in [4.69, 9.17) is 4.74 Å². The third kappa shape index (κ3) is 2.09. The van der Waals surface area contributed by atoms with Gasteiger partial charge in [-0.15, -0.1) is 0 Å². The number of nitrogens with zero attached hydrogens (tertiary/aromatic N) is 3. The molecule has 5 nitrogen and oxygen atoms in total. The Morgan fingerprint density at radius 2 is 2.25 bits per heavy atom. The zero-order valence-corrected chi connectivity index (χ0v) is 10.0. The van der Waals surface area contributed by atoms with E-state index < -0.39 is 0 Å². The maximum Gasteiger partial charge on any atom is 0.150 e. The second-order valence-electron chi connectivity index (χ2n) is 4.53. The molecular formula is C11H18N4O. The normalized spacial score (nSPS) is 19.6. The van der Waals surface area contributed by atoms with Gasteiger partial charge in [0.25, 0.3) is 0 Å². The molecule has 1 N–H and O–H groups in total. The molecule has 1 saturated heterocycles. The molecule has 1 aromatic rings. The average Bonchev–Trinajstić information content (AvgIpc) is 2.28. The van der Waals surface area contributed by atoms with Gasteiger partial charge in [0.05, 0.1) is 31.1 Å². The fraction of sp³-hybridized carbons (Fsp3) is 0.636. The molecule has 1 fully saturated rings. The number of hydrogen-bond donors (Lipinski definition) is 1. The van der Waals surface area contributed by atoms with Crippen LogP contribution in [0.2, 0.25) is 0 Å². The fourth-order valence-electron chi connectivity index (χ4n) is 1.89. The monoisotopic (exact) mass is 222 g/mol. The van der Waals surface area contributed by atoms with Crippen molar-refractivity contribution in [3.63, 3.8) is 0 Å². The van der Waals surface area contributed by atoms with Crippen LogP contribution >= 0.6 is 0 Å². The second-order valence-corrected chi connectivity index (χ2v) is 4.53. The molecule has 0 saturated carbocycles. The Hall–Kier alpha value is -1.36. The minimum atomic E-state index is -0.0285. The van der Waals surface area contributed by atoms with Crippen molar-refractivity contribution in [2.45, 2.75) is 19.4 Å². The van der Waals surface area contributed by atoms with Gasteiger partial charge < -0.3 is 15.0 Å². The van der Waals surface area contributed by atoms with Crippen molar-refractivity contribution < 1.29 is 4.74 Å². The van der Waals surface area contributed by atoms with Gasteiger partial charge in [-0.3, -0.25) is 4.98 Å². The van der Waals surface area contributed by atoms with Gasteiger partial charge >= 0.3 is 0 Å². The molecule has 2 rings (SSSR count). The van der Waals surface area contributed by atoms with Crippen LogP contribution < -0.4 is 10.2 Å². The number of hydrogen-bond acceptors (Lipinski definition) is 5. The second kappa shape index (κ2) is 4.25. The molecule has 0 spiro atoms. The molecule has 2 heterocycles. The molecule has 1 aliphatic heterocycles. The predicted molar refractivity (Wildman–Crippen MR) is 63.8 cm³/mol. The molecule has 0 atom stereocenters. The molecule has 0 aliphatic carbocycles. The van der Waals surface area contributed by atoms with Crippen molar-refractivity contribution in [2.75, 3.05) is 37.0 Å². The van der Waals surface area contributed by atoms with Crippen LogP contribution in [0.4, 0.5) is 11.6 Å². The van der Waals surface area contributed by atoms with Crippen LogP contribution in [0.25, 0.3) is 0 Å². The van der Waals surface area contributed by atoms with Crippen molar-refractivity contribution in [1.29, 1.82) is 0 Å². The maximum atomic E-state index is 5.49. The fourth-order valence-corrected chi connectivity index (χ4v) is 1.89. The minimum Gasteiger partial charge on any atom is -0.377 e. The quantitative estimate of drug-likeness (QED) is 0.813. The highest BCUT2D eigenvalue weighted by Gasteiger charge is 2.31. The van der Waals surface area contributed by atoms with E-state index in [1.54, 1.807) is 12.4 Å². The van der Waals surface area contributed by atoms with E-state index in [1.807, 2.05) is 7.05 Å². The van der Waals surface area contributed by atoms with Crippen LogP contribution in [0.5, 0.6) is 0 Å². The summed E-state index contributed by atoms with van der Waals surface area (Å²) < 4.78 is 5.49. The van der Waals surface area contributed by atoms with E-state index >= 15 is 0 Å². The largest absolute Gasteiger partial charge is 0.377 e. The Morgan fingerprint density at radius 1 is 1.44 bits per heavy atom. The average molecular weight is 222 g/mol. The van der Waals surface area contributed by atoms with E-state index in [0.29, 0.717) is 0 Å². The molecule has 0 aromatic carbocycles. The van der Waals surface area contributed by atoms with Gasteiger partial charge in [0, 0.05) is 13.6 Å². The summed E-state index contributed by atoms with van der Waals surface area (Å²) in [4.78, 5) is 10.9. The van der Waals surface area contributed by atoms with Gasteiger partial charge in [-0.05, 0) is 13.8 Å². The van der Waals surface area contributed by atoms with Crippen molar-refractivity contribution >= 4 is 11.6 Å². The lowest BCUT2D eigenvalue weighted by Gasteiger charge is -2.42. The Bertz CT molecular complexity index is 367. The SMILES string of the molecule is CNc1cncc(N2CCOCC2(C)C)n1. The van der Waals surface area contributed by atoms with E-state index in [2.05, 4.69) is 34.0 Å². The highest BCUT2D eigenvalue weighted by atomic mass is 16.5. The van der Waals surface area contributed by atoms with E-state index in [-0.39, 0.29) is 5.54 Å². The first-order valence-corrected chi connectivity index (χ1v) is 5.49. The maximum absolute atomic E-state index is 5.49. The number of morpholine rings is 1. The van der Waals surface area contributed by atoms with Crippen molar-refractivity contribution in [3.05, 3.63) is 12.4 Å². The molecule has 1 aliphatic rings. The lowest BCUT2D eigenvalue weighted by molar-refractivity contribution is 0.0639. The van der Waals surface area contributed by atoms with Crippen molar-refractivity contribution in [2.24, 2.45) is 0 Å². The Balaban J connectivity index is 2.27. The van der Waals surface area contributed by atoms with Crippen molar-refractivity contribution in [3.8, 4) is 0 Å². The summed E-state index contributed by atoms with van der Waals surface area (Å²) in [6.07, 6.45) is 3.52. The summed E-state index contributed by atoms with van der Waals surface area (Å²) in [5.41, 5.74) is -0.0285. The smallest absolute Gasteiger partial charge is 0.150 e. The Morgan fingerprint density at radius 3 is 2.94 bits per heavy atom. The summed E-state index contributed by atoms with van der Waals surface area (Å²) >= 11 is 0. The number of aromatic nitrogens is 2. The molecule has 0 amide bonds. The zero-order chi connectivity index (χ0) is 11.6. The first kappa shape index (κ1) is 11.1. The first-order valence-electron chi connectivity index (χ1n) is 5.49. The van der Waals surface area contributed by atoms with Gasteiger partial charge in [-0.2, -0.15) is 0 Å². The molecule has 5 heteroatoms. The van der Waals surface area contributed by atoms with E-state index in [1.165, 1.54) is 0 Å². The van der Waals surface area contributed by atoms with Gasteiger partial charge in [0.1, 0.15) is 11.6 Å². The predicted octanol–water partition coefficient (Wildman–Crippen LogP) is 1.13.